The molecule has 1 aliphatic rings. The molecule has 2 N–H and O–H groups in total. The van der Waals surface area contributed by atoms with Crippen molar-refractivity contribution < 1.29 is 9.59 Å². The lowest BCUT2D eigenvalue weighted by atomic mass is 9.82. The van der Waals surface area contributed by atoms with Crippen molar-refractivity contribution in [2.75, 3.05) is 10.6 Å². The van der Waals surface area contributed by atoms with Crippen molar-refractivity contribution in [1.82, 2.24) is 0 Å². The molecule has 3 aromatic carbocycles. The lowest BCUT2D eigenvalue weighted by Crippen LogP contribution is -2.38. The average molecular weight is 418 g/mol. The van der Waals surface area contributed by atoms with E-state index >= 15 is 0 Å². The van der Waals surface area contributed by atoms with Crippen LogP contribution in [0.1, 0.15) is 72.5 Å². The maximum Gasteiger partial charge on any atom is 0.249 e. The van der Waals surface area contributed by atoms with Crippen molar-refractivity contribution in [2.24, 2.45) is 0 Å². The maximum atomic E-state index is 13.4. The molecule has 160 valence electrons. The van der Waals surface area contributed by atoms with Crippen molar-refractivity contribution in [2.45, 2.75) is 47.1 Å². The van der Waals surface area contributed by atoms with Gasteiger partial charge in [0.2, 0.25) is 10.9 Å². The van der Waals surface area contributed by atoms with Crippen LogP contribution in [-0.2, 0) is 6.42 Å². The summed E-state index contributed by atoms with van der Waals surface area (Å²) in [4.78, 5) is 50.6. The van der Waals surface area contributed by atoms with E-state index in [-0.39, 0.29) is 41.3 Å². The standard InChI is InChI=1S/C24H22N2O4.CH4/c1-5-12-19(23(30)22(12)29)25-15-10-11-16(26-24(2,3)4)18-17(15)20(27)13-8-6-7-9-14(13)21(18)28;/h6-11,25-26H,5H2,1-4H3;1H4. The van der Waals surface area contributed by atoms with Gasteiger partial charge in [0.15, 0.2) is 11.6 Å². The van der Waals surface area contributed by atoms with Gasteiger partial charge in [0.05, 0.1) is 22.5 Å². The van der Waals surface area contributed by atoms with Gasteiger partial charge in [0.1, 0.15) is 0 Å². The molecule has 0 spiro atoms. The smallest absolute Gasteiger partial charge is 0.249 e. The van der Waals surface area contributed by atoms with Crippen LogP contribution < -0.4 is 21.5 Å². The van der Waals surface area contributed by atoms with Gasteiger partial charge < -0.3 is 10.6 Å². The van der Waals surface area contributed by atoms with E-state index in [1.165, 1.54) is 0 Å². The molecule has 1 aliphatic carbocycles. The zero-order valence-corrected chi connectivity index (χ0v) is 17.3. The highest BCUT2D eigenvalue weighted by molar-refractivity contribution is 6.32. The zero-order valence-electron chi connectivity index (χ0n) is 17.3. The number of hydrogen-bond donors (Lipinski definition) is 2. The second kappa shape index (κ2) is 7.61. The van der Waals surface area contributed by atoms with E-state index in [2.05, 4.69) is 10.6 Å². The van der Waals surface area contributed by atoms with Crippen LogP contribution in [0.25, 0.3) is 0 Å². The van der Waals surface area contributed by atoms with Crippen LogP contribution in [-0.4, -0.2) is 17.1 Å². The zero-order chi connectivity index (χ0) is 21.8. The van der Waals surface area contributed by atoms with Gasteiger partial charge in [-0.05, 0) is 39.3 Å². The predicted molar refractivity (Wildman–Crippen MR) is 124 cm³/mol. The quantitative estimate of drug-likeness (QED) is 0.482. The SMILES string of the molecule is C.CCc1c(Nc2ccc(NC(C)(C)C)c3c2C(=O)c2ccccc2C3=O)c(=O)c1=O. The van der Waals surface area contributed by atoms with E-state index < -0.39 is 10.9 Å². The first-order valence-corrected chi connectivity index (χ1v) is 9.87. The Kier molecular flexibility index (Phi) is 5.44. The number of carbonyl (C=O) groups excluding carboxylic acids is 2. The van der Waals surface area contributed by atoms with Crippen LogP contribution >= 0.6 is 0 Å². The van der Waals surface area contributed by atoms with Crippen molar-refractivity contribution in [3.8, 4) is 0 Å². The number of hydrogen-bond acceptors (Lipinski definition) is 6. The number of fused-ring (bicyclic) bond motifs is 2. The molecule has 31 heavy (non-hydrogen) atoms. The van der Waals surface area contributed by atoms with Gasteiger partial charge in [-0.3, -0.25) is 19.2 Å². The Balaban J connectivity index is 0.00000272. The van der Waals surface area contributed by atoms with E-state index in [4.69, 9.17) is 0 Å². The van der Waals surface area contributed by atoms with Crippen LogP contribution in [0.15, 0.2) is 46.0 Å². The molecule has 4 rings (SSSR count). The molecular weight excluding hydrogens is 392 g/mol. The van der Waals surface area contributed by atoms with Crippen molar-refractivity contribution in [3.05, 3.63) is 84.7 Å². The maximum absolute atomic E-state index is 13.4. The summed E-state index contributed by atoms with van der Waals surface area (Å²) in [6.45, 7) is 7.68. The molecule has 0 saturated carbocycles. The van der Waals surface area contributed by atoms with Crippen molar-refractivity contribution >= 4 is 28.6 Å². The second-order valence-corrected chi connectivity index (χ2v) is 8.48. The Bertz CT molecular complexity index is 1290. The largest absolute Gasteiger partial charge is 0.380 e. The van der Waals surface area contributed by atoms with Crippen molar-refractivity contribution in [3.63, 3.8) is 0 Å². The fraction of sp³-hybridized carbons (Fsp3) is 0.280. The molecule has 0 fully saturated rings. The van der Waals surface area contributed by atoms with Gasteiger partial charge in [-0.2, -0.15) is 0 Å². The number of rotatable bonds is 4. The number of anilines is 3. The first-order valence-electron chi connectivity index (χ1n) is 9.87. The summed E-state index contributed by atoms with van der Waals surface area (Å²) in [6.07, 6.45) is 0.411. The summed E-state index contributed by atoms with van der Waals surface area (Å²) in [5.74, 6) is -0.548. The molecule has 0 saturated heterocycles. The third-order valence-corrected chi connectivity index (χ3v) is 5.21. The van der Waals surface area contributed by atoms with Crippen LogP contribution in [0.2, 0.25) is 0 Å². The molecule has 0 atom stereocenters. The summed E-state index contributed by atoms with van der Waals surface area (Å²) < 4.78 is 0. The Hall–Kier alpha value is -3.54. The minimum Gasteiger partial charge on any atom is -0.380 e. The Morgan fingerprint density at radius 2 is 1.29 bits per heavy atom. The predicted octanol–water partition coefficient (Wildman–Crippen LogP) is 4.21. The fourth-order valence-electron chi connectivity index (χ4n) is 3.88. The molecular formula is C25H26N2O4. The molecule has 3 aromatic rings. The van der Waals surface area contributed by atoms with Crippen LogP contribution in [0.3, 0.4) is 0 Å². The van der Waals surface area contributed by atoms with E-state index in [9.17, 15) is 19.2 Å². The van der Waals surface area contributed by atoms with Gasteiger partial charge >= 0.3 is 0 Å². The van der Waals surface area contributed by atoms with Crippen LogP contribution in [0.5, 0.6) is 0 Å². The third kappa shape index (κ3) is 3.48. The fourth-order valence-corrected chi connectivity index (χ4v) is 3.88. The number of ketones is 2. The lowest BCUT2D eigenvalue weighted by Gasteiger charge is -2.28. The topological polar surface area (TPSA) is 92.3 Å². The third-order valence-electron chi connectivity index (χ3n) is 5.21. The monoisotopic (exact) mass is 418 g/mol. The summed E-state index contributed by atoms with van der Waals surface area (Å²) in [7, 11) is 0. The minimum absolute atomic E-state index is 0. The Morgan fingerprint density at radius 3 is 1.81 bits per heavy atom. The molecule has 0 aliphatic heterocycles. The number of nitrogens with one attached hydrogen (secondary N) is 2. The van der Waals surface area contributed by atoms with Gasteiger partial charge in [-0.25, -0.2) is 0 Å². The number of carbonyl (C=O) groups is 2. The Labute approximate surface area is 181 Å². The highest BCUT2D eigenvalue weighted by Gasteiger charge is 2.35. The van der Waals surface area contributed by atoms with Gasteiger partial charge in [0.25, 0.3) is 0 Å². The van der Waals surface area contributed by atoms with Crippen LogP contribution in [0, 0.1) is 0 Å². The summed E-state index contributed by atoms with van der Waals surface area (Å²) in [5.41, 5.74) is 1.21. The van der Waals surface area contributed by atoms with E-state index in [0.29, 0.717) is 34.5 Å². The van der Waals surface area contributed by atoms with Crippen molar-refractivity contribution in [1.29, 1.82) is 0 Å². The van der Waals surface area contributed by atoms with Crippen LogP contribution in [0.4, 0.5) is 17.1 Å². The molecule has 6 heteroatoms. The molecule has 0 aromatic heterocycles. The minimum atomic E-state index is -0.604. The van der Waals surface area contributed by atoms with E-state index in [1.54, 1.807) is 43.3 Å². The lowest BCUT2D eigenvalue weighted by molar-refractivity contribution is 0.0980. The summed E-state index contributed by atoms with van der Waals surface area (Å²) in [6, 6.07) is 10.1. The molecule has 0 radical (unpaired) electrons. The molecule has 6 nitrogen and oxygen atoms in total. The average Bonchev–Trinajstić information content (AvgIpc) is 2.71. The molecule has 0 heterocycles. The normalized spacial score (nSPS) is 12.8. The molecule has 0 unspecified atom stereocenters. The first-order chi connectivity index (χ1) is 14.1. The summed E-state index contributed by atoms with van der Waals surface area (Å²) in [5, 5.41) is 6.27. The van der Waals surface area contributed by atoms with E-state index in [1.807, 2.05) is 20.8 Å². The van der Waals surface area contributed by atoms with Gasteiger partial charge in [0, 0.05) is 27.9 Å². The second-order valence-electron chi connectivity index (χ2n) is 8.48. The van der Waals surface area contributed by atoms with Gasteiger partial charge in [-0.1, -0.05) is 38.6 Å². The number of benzene rings is 2. The highest BCUT2D eigenvalue weighted by Crippen LogP contribution is 2.38. The Morgan fingerprint density at radius 1 is 0.774 bits per heavy atom. The first kappa shape index (κ1) is 22.2. The molecule has 0 bridgehead atoms. The van der Waals surface area contributed by atoms with E-state index in [0.717, 1.165) is 0 Å². The summed E-state index contributed by atoms with van der Waals surface area (Å²) >= 11 is 0. The molecule has 0 amide bonds. The highest BCUT2D eigenvalue weighted by atomic mass is 16.2. The van der Waals surface area contributed by atoms with Gasteiger partial charge in [-0.15, -0.1) is 0 Å².